The minimum atomic E-state index is 0.386. The van der Waals surface area contributed by atoms with E-state index >= 15 is 0 Å². The van der Waals surface area contributed by atoms with Gasteiger partial charge in [0.2, 0.25) is 0 Å². The number of nitrogens with zero attached hydrogens (tertiary/aromatic N) is 1. The van der Waals surface area contributed by atoms with E-state index in [0.29, 0.717) is 5.54 Å². The quantitative estimate of drug-likeness (QED) is 0.612. The van der Waals surface area contributed by atoms with Crippen molar-refractivity contribution >= 4 is 16.1 Å². The molecule has 0 N–H and O–H groups in total. The maximum absolute atomic E-state index is 3.64. The van der Waals surface area contributed by atoms with Crippen molar-refractivity contribution in [1.82, 2.24) is 3.93 Å². The van der Waals surface area contributed by atoms with Gasteiger partial charge in [0.1, 0.15) is 0 Å². The maximum Gasteiger partial charge on any atom is 0.0573 e. The lowest BCUT2D eigenvalue weighted by molar-refractivity contribution is 0.387. The Hall–Kier alpha value is -0.340. The smallest absolute Gasteiger partial charge is 0.0573 e. The van der Waals surface area contributed by atoms with E-state index in [0.717, 1.165) is 6.54 Å². The van der Waals surface area contributed by atoms with Crippen LogP contribution in [0.3, 0.4) is 0 Å². The van der Waals surface area contributed by atoms with E-state index in [1.54, 1.807) is 5.56 Å². The summed E-state index contributed by atoms with van der Waals surface area (Å²) < 4.78 is 2.31. The fourth-order valence-electron chi connectivity index (χ4n) is 2.17. The molecular weight excluding hydrogens is 214 g/mol. The van der Waals surface area contributed by atoms with Crippen molar-refractivity contribution in [2.75, 3.05) is 0 Å². The van der Waals surface area contributed by atoms with Crippen LogP contribution in [0.15, 0.2) is 24.3 Å². The molecule has 1 aromatic rings. The minimum Gasteiger partial charge on any atom is -0.227 e. The van der Waals surface area contributed by atoms with Gasteiger partial charge in [0.15, 0.2) is 0 Å². The van der Waals surface area contributed by atoms with Gasteiger partial charge in [0.05, 0.1) is 5.54 Å². The number of hydrogen-bond acceptors (Lipinski definition) is 1. The molecule has 1 aromatic carbocycles. The average molecular weight is 224 g/mol. The van der Waals surface area contributed by atoms with Gasteiger partial charge in [-0.15, -0.1) is 0 Å². The Morgan fingerprint density at radius 3 is 2.75 bits per heavy atom. The van der Waals surface area contributed by atoms with Gasteiger partial charge in [-0.05, 0) is 24.0 Å². The van der Waals surface area contributed by atoms with Gasteiger partial charge >= 0.3 is 0 Å². The fourth-order valence-corrected chi connectivity index (χ4v) is 2.99. The van der Waals surface area contributed by atoms with E-state index in [9.17, 15) is 0 Å². The molecule has 0 amide bonds. The van der Waals surface area contributed by atoms with E-state index in [1.807, 2.05) is 0 Å². The predicted octanol–water partition coefficient (Wildman–Crippen LogP) is 2.80. The highest BCUT2D eigenvalue weighted by Crippen LogP contribution is 2.57. The lowest BCUT2D eigenvalue weighted by Crippen LogP contribution is -2.17. The Balaban J connectivity index is 2.19. The van der Waals surface area contributed by atoms with Gasteiger partial charge in [-0.1, -0.05) is 24.3 Å². The third-order valence-electron chi connectivity index (χ3n) is 3.02. The molecule has 1 aliphatic carbocycles. The summed E-state index contributed by atoms with van der Waals surface area (Å²) in [4.78, 5) is 0. The van der Waals surface area contributed by atoms with Crippen molar-refractivity contribution in [3.8, 4) is 0 Å². The van der Waals surface area contributed by atoms with Gasteiger partial charge < -0.3 is 0 Å². The summed E-state index contributed by atoms with van der Waals surface area (Å²) in [5.41, 5.74) is 3.42. The first-order valence-corrected chi connectivity index (χ1v) is 5.06. The SMILES string of the molecule is BrN1Cc2ccccc2C12CC2. The normalized spacial score (nSPS) is 24.4. The molecule has 1 fully saturated rings. The number of benzene rings is 1. The van der Waals surface area contributed by atoms with E-state index in [-0.39, 0.29) is 0 Å². The van der Waals surface area contributed by atoms with Crippen LogP contribution in [0.4, 0.5) is 0 Å². The molecule has 1 spiro atoms. The molecule has 0 unspecified atom stereocenters. The molecule has 12 heavy (non-hydrogen) atoms. The predicted molar refractivity (Wildman–Crippen MR) is 51.8 cm³/mol. The zero-order chi connectivity index (χ0) is 8.18. The van der Waals surface area contributed by atoms with Gasteiger partial charge in [-0.3, -0.25) is 0 Å². The summed E-state index contributed by atoms with van der Waals surface area (Å²) in [5.74, 6) is 0. The second-order valence-corrected chi connectivity index (χ2v) is 4.57. The lowest BCUT2D eigenvalue weighted by atomic mass is 10.0. The molecule has 1 saturated carbocycles. The van der Waals surface area contributed by atoms with E-state index in [2.05, 4.69) is 44.3 Å². The molecule has 3 rings (SSSR count). The Bertz CT molecular complexity index is 330. The molecule has 0 aromatic heterocycles. The first-order chi connectivity index (χ1) is 5.83. The zero-order valence-corrected chi connectivity index (χ0v) is 8.34. The van der Waals surface area contributed by atoms with Crippen molar-refractivity contribution in [1.29, 1.82) is 0 Å². The van der Waals surface area contributed by atoms with Gasteiger partial charge in [-0.2, -0.15) is 0 Å². The zero-order valence-electron chi connectivity index (χ0n) is 6.76. The van der Waals surface area contributed by atoms with Crippen molar-refractivity contribution in [2.45, 2.75) is 24.9 Å². The van der Waals surface area contributed by atoms with Crippen LogP contribution in [-0.4, -0.2) is 3.93 Å². The number of hydrogen-bond donors (Lipinski definition) is 0. The average Bonchev–Trinajstić information content (AvgIpc) is 2.80. The molecule has 1 aliphatic heterocycles. The summed E-state index contributed by atoms with van der Waals surface area (Å²) in [7, 11) is 0. The van der Waals surface area contributed by atoms with Crippen molar-refractivity contribution < 1.29 is 0 Å². The first-order valence-electron chi connectivity index (χ1n) is 4.35. The molecule has 1 heterocycles. The Kier molecular flexibility index (Phi) is 1.25. The maximum atomic E-state index is 3.64. The third kappa shape index (κ3) is 0.723. The van der Waals surface area contributed by atoms with Crippen molar-refractivity contribution in [2.24, 2.45) is 0 Å². The van der Waals surface area contributed by atoms with Crippen LogP contribution in [0.2, 0.25) is 0 Å². The number of halogens is 1. The van der Waals surface area contributed by atoms with Crippen LogP contribution in [-0.2, 0) is 12.1 Å². The highest BCUT2D eigenvalue weighted by Gasteiger charge is 2.53. The fraction of sp³-hybridized carbons (Fsp3) is 0.400. The molecule has 62 valence electrons. The van der Waals surface area contributed by atoms with Crippen LogP contribution in [0.5, 0.6) is 0 Å². The van der Waals surface area contributed by atoms with Gasteiger partial charge in [0, 0.05) is 22.7 Å². The second kappa shape index (κ2) is 2.12. The van der Waals surface area contributed by atoms with Gasteiger partial charge in [-0.25, -0.2) is 3.93 Å². The lowest BCUT2D eigenvalue weighted by Gasteiger charge is -2.15. The van der Waals surface area contributed by atoms with Crippen LogP contribution >= 0.6 is 16.1 Å². The highest BCUT2D eigenvalue weighted by molar-refractivity contribution is 9.07. The summed E-state index contributed by atoms with van der Waals surface area (Å²) >= 11 is 3.64. The summed E-state index contributed by atoms with van der Waals surface area (Å²) in [6.45, 7) is 1.07. The van der Waals surface area contributed by atoms with Crippen LogP contribution in [0.1, 0.15) is 24.0 Å². The first kappa shape index (κ1) is 7.10. The molecule has 1 nitrogen and oxygen atoms in total. The second-order valence-electron chi connectivity index (χ2n) is 3.71. The molecule has 0 saturated heterocycles. The molecular formula is C10H10BrN. The summed E-state index contributed by atoms with van der Waals surface area (Å²) in [6.07, 6.45) is 2.63. The monoisotopic (exact) mass is 223 g/mol. The van der Waals surface area contributed by atoms with Crippen molar-refractivity contribution in [3.63, 3.8) is 0 Å². The van der Waals surface area contributed by atoms with E-state index in [1.165, 1.54) is 18.4 Å². The topological polar surface area (TPSA) is 3.24 Å². The third-order valence-corrected chi connectivity index (χ3v) is 3.95. The minimum absolute atomic E-state index is 0.386. The van der Waals surface area contributed by atoms with E-state index < -0.39 is 0 Å². The standard InChI is InChI=1S/C10H10BrN/c11-12-7-8-3-1-2-4-9(8)10(12)5-6-10/h1-4H,5-7H2. The van der Waals surface area contributed by atoms with E-state index in [4.69, 9.17) is 0 Å². The van der Waals surface area contributed by atoms with Crippen molar-refractivity contribution in [3.05, 3.63) is 35.4 Å². The molecule has 0 atom stereocenters. The largest absolute Gasteiger partial charge is 0.227 e. The number of rotatable bonds is 0. The van der Waals surface area contributed by atoms with Crippen LogP contribution < -0.4 is 0 Å². The molecule has 2 aliphatic rings. The Morgan fingerprint density at radius 1 is 1.25 bits per heavy atom. The summed E-state index contributed by atoms with van der Waals surface area (Å²) in [5, 5.41) is 0. The van der Waals surface area contributed by atoms with Crippen LogP contribution in [0.25, 0.3) is 0 Å². The summed E-state index contributed by atoms with van der Waals surface area (Å²) in [6, 6.07) is 8.77. The molecule has 0 radical (unpaired) electrons. The van der Waals surface area contributed by atoms with Gasteiger partial charge in [0.25, 0.3) is 0 Å². The number of fused-ring (bicyclic) bond motifs is 2. The Morgan fingerprint density at radius 2 is 2.00 bits per heavy atom. The Labute approximate surface area is 80.7 Å². The van der Waals surface area contributed by atoms with Crippen LogP contribution in [0, 0.1) is 0 Å². The molecule has 0 bridgehead atoms. The molecule has 2 heteroatoms. The highest BCUT2D eigenvalue weighted by atomic mass is 79.9.